The molecule has 0 aliphatic heterocycles. The number of carbonyl (C=O) groups is 2. The number of thioether (sulfide) groups is 1. The maximum atomic E-state index is 14.0. The molecule has 1 atom stereocenters. The molecule has 0 heterocycles. The van der Waals surface area contributed by atoms with Crippen LogP contribution in [-0.2, 0) is 26.2 Å². The lowest BCUT2D eigenvalue weighted by Crippen LogP contribution is -2.50. The minimum Gasteiger partial charge on any atom is -0.492 e. The Bertz CT molecular complexity index is 1330. The number of para-hydroxylation sites is 2. The Balaban J connectivity index is 2.08. The second-order valence-corrected chi connectivity index (χ2v) is 11.1. The molecule has 0 fully saturated rings. The molecule has 3 rings (SSSR count). The fourth-order valence-electron chi connectivity index (χ4n) is 3.90. The van der Waals surface area contributed by atoms with Crippen molar-refractivity contribution in [2.75, 3.05) is 30.8 Å². The first kappa shape index (κ1) is 29.1. The Labute approximate surface area is 229 Å². The monoisotopic (exact) mass is 555 g/mol. The van der Waals surface area contributed by atoms with E-state index in [-0.39, 0.29) is 23.0 Å². The number of nitrogens with one attached hydrogen (secondary N) is 1. The van der Waals surface area contributed by atoms with Crippen LogP contribution >= 0.6 is 11.8 Å². The molecule has 1 N–H and O–H groups in total. The molecule has 202 valence electrons. The van der Waals surface area contributed by atoms with Gasteiger partial charge in [0.15, 0.2) is 0 Å². The number of sulfonamides is 1. The van der Waals surface area contributed by atoms with E-state index < -0.39 is 28.5 Å². The van der Waals surface area contributed by atoms with Crippen LogP contribution < -0.4 is 14.4 Å². The van der Waals surface area contributed by atoms with Gasteiger partial charge in [0.1, 0.15) is 18.3 Å². The Hall–Kier alpha value is -3.50. The van der Waals surface area contributed by atoms with E-state index in [0.29, 0.717) is 12.4 Å². The highest BCUT2D eigenvalue weighted by molar-refractivity contribution is 7.98. The molecule has 0 spiro atoms. The molecule has 10 heteroatoms. The van der Waals surface area contributed by atoms with Gasteiger partial charge < -0.3 is 15.0 Å². The van der Waals surface area contributed by atoms with E-state index in [0.717, 1.165) is 14.8 Å². The molecular formula is C28H33N3O5S2. The molecule has 0 radical (unpaired) electrons. The third-order valence-electron chi connectivity index (χ3n) is 5.97. The van der Waals surface area contributed by atoms with Gasteiger partial charge in [-0.15, -0.1) is 11.8 Å². The first-order valence-electron chi connectivity index (χ1n) is 12.2. The molecule has 3 aromatic carbocycles. The highest BCUT2D eigenvalue weighted by atomic mass is 32.2. The number of hydrogen-bond donors (Lipinski definition) is 1. The van der Waals surface area contributed by atoms with Crippen molar-refractivity contribution in [1.29, 1.82) is 0 Å². The van der Waals surface area contributed by atoms with Crippen LogP contribution in [0.5, 0.6) is 5.75 Å². The van der Waals surface area contributed by atoms with Crippen LogP contribution in [0, 0.1) is 0 Å². The predicted molar refractivity (Wildman–Crippen MR) is 151 cm³/mol. The molecule has 0 aliphatic rings. The molecule has 0 aliphatic carbocycles. The number of ether oxygens (including phenoxy) is 1. The van der Waals surface area contributed by atoms with E-state index in [2.05, 4.69) is 5.32 Å². The standard InChI is InChI=1S/C28H33N3O5S2/c1-5-36-26-14-10-9-13-25(26)31(38(34,35)24-17-15-23(37-4)16-18-24)20-27(32)30(21(2)28(33)29-3)19-22-11-7-6-8-12-22/h6-18,21H,5,19-20H2,1-4H3,(H,29,33). The maximum absolute atomic E-state index is 14.0. The zero-order valence-electron chi connectivity index (χ0n) is 22.0. The molecule has 8 nitrogen and oxygen atoms in total. The van der Waals surface area contributed by atoms with Crippen molar-refractivity contribution in [3.8, 4) is 5.75 Å². The molecule has 1 unspecified atom stereocenters. The van der Waals surface area contributed by atoms with Gasteiger partial charge in [-0.25, -0.2) is 8.42 Å². The van der Waals surface area contributed by atoms with E-state index >= 15 is 0 Å². The zero-order chi connectivity index (χ0) is 27.7. The minimum absolute atomic E-state index is 0.0448. The third-order valence-corrected chi connectivity index (χ3v) is 8.49. The lowest BCUT2D eigenvalue weighted by Gasteiger charge is -2.32. The molecule has 3 aromatic rings. The number of hydrogen-bond acceptors (Lipinski definition) is 6. The minimum atomic E-state index is -4.18. The average molecular weight is 556 g/mol. The van der Waals surface area contributed by atoms with Crippen LogP contribution in [0.2, 0.25) is 0 Å². The summed E-state index contributed by atoms with van der Waals surface area (Å²) in [6.45, 7) is 3.35. The smallest absolute Gasteiger partial charge is 0.264 e. The van der Waals surface area contributed by atoms with Crippen LogP contribution in [0.1, 0.15) is 19.4 Å². The SMILES string of the molecule is CCOc1ccccc1N(CC(=O)N(Cc1ccccc1)C(C)C(=O)NC)S(=O)(=O)c1ccc(SC)cc1. The summed E-state index contributed by atoms with van der Waals surface area (Å²) in [6, 6.07) is 21.6. The second kappa shape index (κ2) is 13.3. The predicted octanol–water partition coefficient (Wildman–Crippen LogP) is 4.17. The lowest BCUT2D eigenvalue weighted by atomic mass is 10.1. The first-order valence-corrected chi connectivity index (χ1v) is 14.8. The Morgan fingerprint density at radius 1 is 0.974 bits per heavy atom. The summed E-state index contributed by atoms with van der Waals surface area (Å²) in [4.78, 5) is 28.7. The number of nitrogens with zero attached hydrogens (tertiary/aromatic N) is 2. The van der Waals surface area contributed by atoms with Crippen LogP contribution in [0.25, 0.3) is 0 Å². The normalized spacial score (nSPS) is 11.9. The van der Waals surface area contributed by atoms with E-state index in [9.17, 15) is 18.0 Å². The molecule has 0 saturated carbocycles. The summed E-state index contributed by atoms with van der Waals surface area (Å²) in [5, 5.41) is 2.58. The molecular weight excluding hydrogens is 522 g/mol. The number of carbonyl (C=O) groups excluding carboxylic acids is 2. The van der Waals surface area contributed by atoms with Crippen molar-refractivity contribution in [3.63, 3.8) is 0 Å². The number of rotatable bonds is 12. The van der Waals surface area contributed by atoms with Gasteiger partial charge in [-0.3, -0.25) is 13.9 Å². The van der Waals surface area contributed by atoms with Crippen LogP contribution in [0.3, 0.4) is 0 Å². The summed E-state index contributed by atoms with van der Waals surface area (Å²) < 4.78 is 34.7. The quantitative estimate of drug-likeness (QED) is 0.337. The van der Waals surface area contributed by atoms with E-state index in [1.807, 2.05) is 36.6 Å². The van der Waals surface area contributed by atoms with E-state index in [1.54, 1.807) is 50.2 Å². The molecule has 0 saturated heterocycles. The van der Waals surface area contributed by atoms with Gasteiger partial charge in [-0.05, 0) is 62.1 Å². The van der Waals surface area contributed by atoms with Crippen molar-refractivity contribution >= 4 is 39.3 Å². The fourth-order valence-corrected chi connectivity index (χ4v) is 5.73. The van der Waals surface area contributed by atoms with Crippen molar-refractivity contribution in [2.24, 2.45) is 0 Å². The summed E-state index contributed by atoms with van der Waals surface area (Å²) >= 11 is 1.50. The van der Waals surface area contributed by atoms with Crippen molar-refractivity contribution in [2.45, 2.75) is 36.2 Å². The largest absolute Gasteiger partial charge is 0.492 e. The van der Waals surface area contributed by atoms with E-state index in [1.165, 1.54) is 35.8 Å². The van der Waals surface area contributed by atoms with Crippen molar-refractivity contribution < 1.29 is 22.7 Å². The second-order valence-electron chi connectivity index (χ2n) is 8.39. The molecule has 0 aromatic heterocycles. The van der Waals surface area contributed by atoms with Crippen LogP contribution in [0.4, 0.5) is 5.69 Å². The van der Waals surface area contributed by atoms with Gasteiger partial charge in [-0.2, -0.15) is 0 Å². The fraction of sp³-hybridized carbons (Fsp3) is 0.286. The van der Waals surface area contributed by atoms with Gasteiger partial charge in [-0.1, -0.05) is 42.5 Å². The zero-order valence-corrected chi connectivity index (χ0v) is 23.6. The molecule has 2 amide bonds. The third kappa shape index (κ3) is 6.87. The number of benzene rings is 3. The van der Waals surface area contributed by atoms with Crippen LogP contribution in [0.15, 0.2) is 88.7 Å². The van der Waals surface area contributed by atoms with Crippen LogP contribution in [-0.4, -0.2) is 57.6 Å². The summed E-state index contributed by atoms with van der Waals surface area (Å²) in [7, 11) is -2.68. The number of anilines is 1. The number of likely N-dealkylation sites (N-methyl/N-ethyl adjacent to an activating group) is 1. The van der Waals surface area contributed by atoms with Gasteiger partial charge in [0.25, 0.3) is 10.0 Å². The first-order chi connectivity index (χ1) is 18.2. The highest BCUT2D eigenvalue weighted by Gasteiger charge is 2.33. The number of amides is 2. The lowest BCUT2D eigenvalue weighted by molar-refractivity contribution is -0.139. The summed E-state index contributed by atoms with van der Waals surface area (Å²) in [5.74, 6) is -0.548. The Morgan fingerprint density at radius 2 is 1.61 bits per heavy atom. The van der Waals surface area contributed by atoms with Crippen molar-refractivity contribution in [3.05, 3.63) is 84.4 Å². The summed E-state index contributed by atoms with van der Waals surface area (Å²) in [5.41, 5.74) is 1.05. The average Bonchev–Trinajstić information content (AvgIpc) is 2.94. The van der Waals surface area contributed by atoms with Crippen molar-refractivity contribution in [1.82, 2.24) is 10.2 Å². The maximum Gasteiger partial charge on any atom is 0.264 e. The Kier molecular flexibility index (Phi) is 10.2. The molecule has 0 bridgehead atoms. The summed E-state index contributed by atoms with van der Waals surface area (Å²) in [6.07, 6.45) is 1.90. The topological polar surface area (TPSA) is 96.0 Å². The Morgan fingerprint density at radius 3 is 2.21 bits per heavy atom. The van der Waals surface area contributed by atoms with Gasteiger partial charge in [0.2, 0.25) is 11.8 Å². The highest BCUT2D eigenvalue weighted by Crippen LogP contribution is 2.33. The van der Waals surface area contributed by atoms with Gasteiger partial charge in [0.05, 0.1) is 17.2 Å². The van der Waals surface area contributed by atoms with Gasteiger partial charge in [0, 0.05) is 18.5 Å². The molecule has 38 heavy (non-hydrogen) atoms. The van der Waals surface area contributed by atoms with Gasteiger partial charge >= 0.3 is 0 Å². The van der Waals surface area contributed by atoms with E-state index in [4.69, 9.17) is 4.74 Å².